The molecule has 0 spiro atoms. The van der Waals surface area contributed by atoms with E-state index in [0.29, 0.717) is 12.8 Å². The van der Waals surface area contributed by atoms with Gasteiger partial charge in [-0.2, -0.15) is 8.78 Å². The molecule has 9 heteroatoms. The Morgan fingerprint density at radius 1 is 0.879 bits per heavy atom. The van der Waals surface area contributed by atoms with Gasteiger partial charge in [-0.05, 0) is 42.8 Å². The number of benzene rings is 1. The zero-order valence-corrected chi connectivity index (χ0v) is 21.1. The van der Waals surface area contributed by atoms with Crippen molar-refractivity contribution < 1.29 is 35.9 Å². The highest BCUT2D eigenvalue weighted by Crippen LogP contribution is 2.64. The van der Waals surface area contributed by atoms with E-state index < -0.39 is 60.6 Å². The number of esters is 1. The maximum Gasteiger partial charge on any atom is 0.317 e. The lowest BCUT2D eigenvalue weighted by Gasteiger charge is -2.65. The molecule has 1 aromatic carbocycles. The zero-order chi connectivity index (χ0) is 25.0. The average Bonchev–Trinajstić information content (AvgIpc) is 2.72. The van der Waals surface area contributed by atoms with Gasteiger partial charge < -0.3 is 9.16 Å². The molecule has 1 aromatic rings. The molecule has 0 bridgehead atoms. The number of fused-ring (bicyclic) bond motifs is 1. The van der Waals surface area contributed by atoms with Crippen LogP contribution in [0.2, 0.25) is 18.1 Å². The van der Waals surface area contributed by atoms with Crippen molar-refractivity contribution in [2.45, 2.75) is 96.4 Å². The van der Waals surface area contributed by atoms with Crippen LogP contribution < -0.4 is 4.74 Å². The second kappa shape index (κ2) is 8.63. The number of carbonyl (C=O) groups is 1. The summed E-state index contributed by atoms with van der Waals surface area (Å²) in [4.78, 5) is 13.2. The van der Waals surface area contributed by atoms with Gasteiger partial charge >= 0.3 is 5.97 Å². The molecule has 3 atom stereocenters. The molecule has 0 aromatic heterocycles. The van der Waals surface area contributed by atoms with Gasteiger partial charge in [-0.15, -0.1) is 0 Å². The number of carbonyl (C=O) groups excluding carboxylic acids is 1. The van der Waals surface area contributed by atoms with E-state index in [9.17, 15) is 26.7 Å². The number of ether oxygens (including phenoxy) is 1. The molecule has 2 aliphatic carbocycles. The third-order valence-electron chi connectivity index (χ3n) is 8.17. The Bertz CT molecular complexity index is 916. The molecule has 3 nitrogen and oxygen atoms in total. The van der Waals surface area contributed by atoms with Crippen molar-refractivity contribution in [3.8, 4) is 5.75 Å². The lowest BCUT2D eigenvalue weighted by atomic mass is 9.47. The molecule has 0 unspecified atom stereocenters. The van der Waals surface area contributed by atoms with E-state index in [0.717, 1.165) is 32.1 Å². The van der Waals surface area contributed by atoms with Crippen LogP contribution in [0.1, 0.15) is 72.6 Å². The van der Waals surface area contributed by atoms with Gasteiger partial charge in [0, 0.05) is 0 Å². The Hall–Kier alpha value is -1.48. The predicted octanol–water partition coefficient (Wildman–Crippen LogP) is 7.43. The minimum Gasteiger partial charge on any atom is -0.420 e. The average molecular weight is 493 g/mol. The van der Waals surface area contributed by atoms with E-state index in [2.05, 4.69) is 40.8 Å². The lowest BCUT2D eigenvalue weighted by Crippen LogP contribution is -2.70. The molecular formula is C24H33F5O3Si. The minimum absolute atomic E-state index is 0.156. The first-order valence-corrected chi connectivity index (χ1v) is 14.4. The van der Waals surface area contributed by atoms with Crippen LogP contribution in [-0.4, -0.2) is 19.9 Å². The third-order valence-corrected chi connectivity index (χ3v) is 12.7. The van der Waals surface area contributed by atoms with Crippen LogP contribution >= 0.6 is 0 Å². The van der Waals surface area contributed by atoms with Gasteiger partial charge in [0.2, 0.25) is 34.8 Å². The summed E-state index contributed by atoms with van der Waals surface area (Å²) >= 11 is 0. The monoisotopic (exact) mass is 492 g/mol. The van der Waals surface area contributed by atoms with E-state index in [1.807, 2.05) is 0 Å². The van der Waals surface area contributed by atoms with E-state index in [1.54, 1.807) is 0 Å². The van der Waals surface area contributed by atoms with Gasteiger partial charge in [-0.25, -0.2) is 13.2 Å². The molecule has 0 radical (unpaired) electrons. The fraction of sp³-hybridized carbons (Fsp3) is 0.708. The van der Waals surface area contributed by atoms with Gasteiger partial charge in [-0.1, -0.05) is 53.4 Å². The largest absolute Gasteiger partial charge is 0.420 e. The minimum atomic E-state index is -2.39. The molecular weight excluding hydrogens is 459 g/mol. The SMILES string of the molecule is CC(C)(C)[Si](C)(C)O[C@]12CCCCCC[C@@]1(C)C[C@@H]2C(=O)Oc1c(F)c(F)c(F)c(F)c1F. The van der Waals surface area contributed by atoms with Crippen LogP contribution in [0.5, 0.6) is 5.75 Å². The Morgan fingerprint density at radius 2 is 1.36 bits per heavy atom. The number of hydrogen-bond acceptors (Lipinski definition) is 3. The van der Waals surface area contributed by atoms with E-state index in [-0.39, 0.29) is 10.5 Å². The summed E-state index contributed by atoms with van der Waals surface area (Å²) in [7, 11) is -2.39. The zero-order valence-electron chi connectivity index (χ0n) is 20.1. The fourth-order valence-corrected chi connectivity index (χ4v) is 6.80. The Balaban J connectivity index is 2.01. The molecule has 0 N–H and O–H groups in total. The first-order chi connectivity index (χ1) is 15.1. The quantitative estimate of drug-likeness (QED) is 0.110. The van der Waals surface area contributed by atoms with Gasteiger partial charge in [0.25, 0.3) is 0 Å². The van der Waals surface area contributed by atoms with Crippen molar-refractivity contribution in [3.05, 3.63) is 29.1 Å². The summed E-state index contributed by atoms with van der Waals surface area (Å²) in [6.07, 6.45) is 5.61. The molecule has 0 saturated heterocycles. The van der Waals surface area contributed by atoms with E-state index in [1.165, 1.54) is 0 Å². The summed E-state index contributed by atoms with van der Waals surface area (Å²) in [5, 5.41) is -0.156. The van der Waals surface area contributed by atoms with Crippen LogP contribution in [0, 0.1) is 40.4 Å². The Morgan fingerprint density at radius 3 is 1.88 bits per heavy atom. The Labute approximate surface area is 193 Å². The van der Waals surface area contributed by atoms with Crippen molar-refractivity contribution in [2.24, 2.45) is 11.3 Å². The number of hydrogen-bond donors (Lipinski definition) is 0. The number of rotatable bonds is 4. The van der Waals surface area contributed by atoms with Crippen LogP contribution in [0.4, 0.5) is 22.0 Å². The first kappa shape index (κ1) is 26.1. The molecule has 2 saturated carbocycles. The smallest absolute Gasteiger partial charge is 0.317 e. The lowest BCUT2D eigenvalue weighted by molar-refractivity contribution is -0.218. The van der Waals surface area contributed by atoms with Gasteiger partial charge in [-0.3, -0.25) is 4.79 Å². The summed E-state index contributed by atoms with van der Waals surface area (Å²) in [5.41, 5.74) is -1.25. The van der Waals surface area contributed by atoms with Crippen molar-refractivity contribution in [3.63, 3.8) is 0 Å². The van der Waals surface area contributed by atoms with E-state index >= 15 is 0 Å². The second-order valence-electron chi connectivity index (χ2n) is 11.3. The maximum absolute atomic E-state index is 14.2. The summed E-state index contributed by atoms with van der Waals surface area (Å²) in [6, 6.07) is 0. The molecule has 0 aliphatic heterocycles. The molecule has 0 heterocycles. The van der Waals surface area contributed by atoms with Gasteiger partial charge in [0.05, 0.1) is 11.5 Å². The predicted molar refractivity (Wildman–Crippen MR) is 117 cm³/mol. The Kier molecular flexibility index (Phi) is 6.83. The van der Waals surface area contributed by atoms with Gasteiger partial charge in [0.15, 0.2) is 8.32 Å². The molecule has 33 heavy (non-hydrogen) atoms. The molecule has 186 valence electrons. The standard InChI is InChI=1S/C24H33F5O3Si/c1-22(2,3)33(5,6)32-24-12-10-8-7-9-11-23(24,4)13-14(24)21(30)31-20-18(28)16(26)15(25)17(27)19(20)29/h14H,7-13H2,1-6H3/t14-,23+,24+/m1/s1. The van der Waals surface area contributed by atoms with Gasteiger partial charge in [0.1, 0.15) is 0 Å². The van der Waals surface area contributed by atoms with Crippen LogP contribution in [0.15, 0.2) is 0 Å². The van der Waals surface area contributed by atoms with Crippen LogP contribution in [-0.2, 0) is 9.22 Å². The summed E-state index contributed by atoms with van der Waals surface area (Å²) < 4.78 is 80.8. The van der Waals surface area contributed by atoms with Crippen LogP contribution in [0.3, 0.4) is 0 Å². The maximum atomic E-state index is 14.2. The third kappa shape index (κ3) is 4.24. The highest BCUT2D eigenvalue weighted by molar-refractivity contribution is 6.74. The van der Waals surface area contributed by atoms with Crippen molar-refractivity contribution in [1.82, 2.24) is 0 Å². The summed E-state index contributed by atoms with van der Waals surface area (Å²) in [5.74, 6) is -14.3. The normalized spacial score (nSPS) is 28.4. The molecule has 0 amide bonds. The molecule has 3 rings (SSSR count). The van der Waals surface area contributed by atoms with Crippen molar-refractivity contribution in [2.75, 3.05) is 0 Å². The van der Waals surface area contributed by atoms with Crippen LogP contribution in [0.25, 0.3) is 0 Å². The fourth-order valence-electron chi connectivity index (χ4n) is 5.10. The van der Waals surface area contributed by atoms with Crippen molar-refractivity contribution >= 4 is 14.3 Å². The first-order valence-electron chi connectivity index (χ1n) is 11.5. The molecule has 2 aliphatic rings. The highest BCUT2D eigenvalue weighted by atomic mass is 28.4. The van der Waals surface area contributed by atoms with E-state index in [4.69, 9.17) is 9.16 Å². The van der Waals surface area contributed by atoms with Crippen molar-refractivity contribution in [1.29, 1.82) is 0 Å². The highest BCUT2D eigenvalue weighted by Gasteiger charge is 2.68. The molecule has 2 fully saturated rings. The topological polar surface area (TPSA) is 35.5 Å². The second-order valence-corrected chi connectivity index (χ2v) is 16.0. The summed E-state index contributed by atoms with van der Waals surface area (Å²) in [6.45, 7) is 12.5. The number of halogens is 5.